The minimum absolute atomic E-state index is 0.0221. The topological polar surface area (TPSA) is 41.6 Å². The number of anilines is 1. The van der Waals surface area contributed by atoms with Crippen LogP contribution in [0.15, 0.2) is 53.4 Å². The van der Waals surface area contributed by atoms with Gasteiger partial charge in [0.25, 0.3) is 0 Å². The molecule has 0 atom stereocenters. The third kappa shape index (κ3) is 6.38. The number of morpholine rings is 1. The van der Waals surface area contributed by atoms with Crippen LogP contribution in [0.3, 0.4) is 0 Å². The quantitative estimate of drug-likeness (QED) is 0.720. The van der Waals surface area contributed by atoms with Gasteiger partial charge in [-0.1, -0.05) is 38.1 Å². The highest BCUT2D eigenvalue weighted by Gasteiger charge is 2.11. The van der Waals surface area contributed by atoms with Gasteiger partial charge in [0.1, 0.15) is 0 Å². The second-order valence-corrected chi connectivity index (χ2v) is 8.19. The molecule has 0 saturated carbocycles. The normalized spacial score (nSPS) is 15.1. The van der Waals surface area contributed by atoms with E-state index in [0.29, 0.717) is 11.7 Å². The minimum atomic E-state index is 0.0221. The first-order valence-electron chi connectivity index (χ1n) is 9.52. The predicted molar refractivity (Wildman–Crippen MR) is 112 cm³/mol. The van der Waals surface area contributed by atoms with Gasteiger partial charge in [-0.2, -0.15) is 0 Å². The molecular weight excluding hydrogens is 356 g/mol. The van der Waals surface area contributed by atoms with E-state index in [1.807, 2.05) is 12.1 Å². The summed E-state index contributed by atoms with van der Waals surface area (Å²) in [7, 11) is 0. The molecule has 27 heavy (non-hydrogen) atoms. The van der Waals surface area contributed by atoms with Crippen molar-refractivity contribution in [1.29, 1.82) is 0 Å². The first-order chi connectivity index (χ1) is 13.1. The molecule has 0 aliphatic carbocycles. The summed E-state index contributed by atoms with van der Waals surface area (Å²) in [6.07, 6.45) is 0. The van der Waals surface area contributed by atoms with Crippen LogP contribution < -0.4 is 5.32 Å². The maximum Gasteiger partial charge on any atom is 0.234 e. The molecule has 2 aromatic carbocycles. The highest BCUT2D eigenvalue weighted by molar-refractivity contribution is 8.00. The Morgan fingerprint density at radius 1 is 1.07 bits per heavy atom. The maximum absolute atomic E-state index is 12.2. The Kier molecular flexibility index (Phi) is 7.33. The fraction of sp³-hybridized carbons (Fsp3) is 0.409. The molecule has 0 aromatic heterocycles. The van der Waals surface area contributed by atoms with Crippen LogP contribution in [-0.2, 0) is 16.1 Å². The standard InChI is InChI=1S/C22H28N2O2S/c1-17(2)19-5-9-21(10-6-19)27-16-22(25)23-20-7-3-18(4-8-20)15-24-11-13-26-14-12-24/h3-10,17H,11-16H2,1-2H3,(H,23,25). The van der Waals surface area contributed by atoms with E-state index in [9.17, 15) is 4.79 Å². The summed E-state index contributed by atoms with van der Waals surface area (Å²) in [5.41, 5.74) is 3.43. The Bertz CT molecular complexity index is 723. The Labute approximate surface area is 166 Å². The van der Waals surface area contributed by atoms with Crippen LogP contribution in [0.2, 0.25) is 0 Å². The number of carbonyl (C=O) groups excluding carboxylic acids is 1. The molecule has 1 aliphatic heterocycles. The molecule has 2 aromatic rings. The fourth-order valence-corrected chi connectivity index (χ4v) is 3.70. The Hall–Kier alpha value is -1.82. The van der Waals surface area contributed by atoms with Gasteiger partial charge in [-0.05, 0) is 41.3 Å². The van der Waals surface area contributed by atoms with Gasteiger partial charge in [-0.3, -0.25) is 9.69 Å². The number of carbonyl (C=O) groups is 1. The largest absolute Gasteiger partial charge is 0.379 e. The SMILES string of the molecule is CC(C)c1ccc(SCC(=O)Nc2ccc(CN3CCOCC3)cc2)cc1. The summed E-state index contributed by atoms with van der Waals surface area (Å²) in [5.74, 6) is 0.962. The van der Waals surface area contributed by atoms with Crippen LogP contribution in [0.1, 0.15) is 30.9 Å². The number of rotatable bonds is 7. The van der Waals surface area contributed by atoms with Crippen LogP contribution in [-0.4, -0.2) is 42.9 Å². The second kappa shape index (κ2) is 9.93. The predicted octanol–water partition coefficient (Wildman–Crippen LogP) is 4.37. The molecule has 0 radical (unpaired) electrons. The van der Waals surface area contributed by atoms with E-state index < -0.39 is 0 Å². The van der Waals surface area contributed by atoms with Gasteiger partial charge in [0.2, 0.25) is 5.91 Å². The van der Waals surface area contributed by atoms with Crippen LogP contribution >= 0.6 is 11.8 Å². The summed E-state index contributed by atoms with van der Waals surface area (Å²) in [6.45, 7) is 8.88. The van der Waals surface area contributed by atoms with Crippen LogP contribution in [0.4, 0.5) is 5.69 Å². The molecular formula is C22H28N2O2S. The summed E-state index contributed by atoms with van der Waals surface area (Å²) in [5, 5.41) is 2.98. The van der Waals surface area contributed by atoms with Crippen molar-refractivity contribution in [1.82, 2.24) is 4.90 Å². The molecule has 144 valence electrons. The number of thioether (sulfide) groups is 1. The number of hydrogen-bond donors (Lipinski definition) is 1. The van der Waals surface area contributed by atoms with Gasteiger partial charge in [0.05, 0.1) is 19.0 Å². The van der Waals surface area contributed by atoms with E-state index in [4.69, 9.17) is 4.74 Å². The van der Waals surface area contributed by atoms with Crippen LogP contribution in [0.5, 0.6) is 0 Å². The molecule has 0 bridgehead atoms. The van der Waals surface area contributed by atoms with E-state index >= 15 is 0 Å². The third-order valence-electron chi connectivity index (χ3n) is 4.66. The monoisotopic (exact) mass is 384 g/mol. The van der Waals surface area contributed by atoms with Gasteiger partial charge in [0.15, 0.2) is 0 Å². The number of benzene rings is 2. The molecule has 1 saturated heterocycles. The second-order valence-electron chi connectivity index (χ2n) is 7.15. The highest BCUT2D eigenvalue weighted by atomic mass is 32.2. The lowest BCUT2D eigenvalue weighted by molar-refractivity contribution is -0.113. The van der Waals surface area contributed by atoms with E-state index in [1.54, 1.807) is 11.8 Å². The molecule has 1 N–H and O–H groups in total. The van der Waals surface area contributed by atoms with Gasteiger partial charge in [-0.15, -0.1) is 11.8 Å². The molecule has 0 unspecified atom stereocenters. The molecule has 1 fully saturated rings. The lowest BCUT2D eigenvalue weighted by atomic mass is 10.0. The number of hydrogen-bond acceptors (Lipinski definition) is 4. The van der Waals surface area contributed by atoms with Gasteiger partial charge >= 0.3 is 0 Å². The number of nitrogens with zero attached hydrogens (tertiary/aromatic N) is 1. The number of amides is 1. The summed E-state index contributed by atoms with van der Waals surface area (Å²) >= 11 is 1.56. The third-order valence-corrected chi connectivity index (χ3v) is 5.68. The van der Waals surface area contributed by atoms with Crippen molar-refractivity contribution in [2.75, 3.05) is 37.4 Å². The highest BCUT2D eigenvalue weighted by Crippen LogP contribution is 2.22. The van der Waals surface area contributed by atoms with Gasteiger partial charge in [0, 0.05) is 30.2 Å². The minimum Gasteiger partial charge on any atom is -0.379 e. The lowest BCUT2D eigenvalue weighted by Gasteiger charge is -2.26. The Morgan fingerprint density at radius 3 is 2.37 bits per heavy atom. The summed E-state index contributed by atoms with van der Waals surface area (Å²) in [4.78, 5) is 15.7. The molecule has 0 spiro atoms. The molecule has 1 amide bonds. The lowest BCUT2D eigenvalue weighted by Crippen LogP contribution is -2.35. The zero-order valence-corrected chi connectivity index (χ0v) is 16.9. The van der Waals surface area contributed by atoms with Crippen LogP contribution in [0.25, 0.3) is 0 Å². The maximum atomic E-state index is 12.2. The van der Waals surface area contributed by atoms with Crippen molar-refractivity contribution in [3.63, 3.8) is 0 Å². The summed E-state index contributed by atoms with van der Waals surface area (Å²) in [6, 6.07) is 16.6. The van der Waals surface area contributed by atoms with Gasteiger partial charge < -0.3 is 10.1 Å². The first-order valence-corrected chi connectivity index (χ1v) is 10.5. The average molecular weight is 385 g/mol. The van der Waals surface area contributed by atoms with Crippen molar-refractivity contribution in [3.05, 3.63) is 59.7 Å². The van der Waals surface area contributed by atoms with Crippen molar-refractivity contribution >= 4 is 23.4 Å². The average Bonchev–Trinajstić information content (AvgIpc) is 2.69. The fourth-order valence-electron chi connectivity index (χ4n) is 3.01. The summed E-state index contributed by atoms with van der Waals surface area (Å²) < 4.78 is 5.38. The molecule has 3 rings (SSSR count). The number of ether oxygens (including phenoxy) is 1. The molecule has 1 heterocycles. The van der Waals surface area contributed by atoms with Crippen LogP contribution in [0, 0.1) is 0 Å². The number of nitrogens with one attached hydrogen (secondary N) is 1. The van der Waals surface area contributed by atoms with Crippen molar-refractivity contribution < 1.29 is 9.53 Å². The van der Waals surface area contributed by atoms with Crippen molar-refractivity contribution in [2.45, 2.75) is 31.2 Å². The molecule has 1 aliphatic rings. The zero-order chi connectivity index (χ0) is 19.1. The zero-order valence-electron chi connectivity index (χ0n) is 16.1. The van der Waals surface area contributed by atoms with E-state index in [1.165, 1.54) is 11.1 Å². The van der Waals surface area contributed by atoms with E-state index in [-0.39, 0.29) is 5.91 Å². The first kappa shape index (κ1) is 19.9. The molecule has 5 heteroatoms. The Morgan fingerprint density at radius 2 is 1.74 bits per heavy atom. The van der Waals surface area contributed by atoms with E-state index in [2.05, 4.69) is 60.5 Å². The van der Waals surface area contributed by atoms with Gasteiger partial charge in [-0.25, -0.2) is 0 Å². The van der Waals surface area contributed by atoms with E-state index in [0.717, 1.165) is 43.4 Å². The molecule has 4 nitrogen and oxygen atoms in total. The van der Waals surface area contributed by atoms with Crippen molar-refractivity contribution in [2.24, 2.45) is 0 Å². The Balaban J connectivity index is 1.44. The van der Waals surface area contributed by atoms with Crippen molar-refractivity contribution in [3.8, 4) is 0 Å². The smallest absolute Gasteiger partial charge is 0.234 e.